The maximum absolute atomic E-state index is 12.5. The molecule has 15 aromatic rings. The number of rotatable bonds is 8. The van der Waals surface area contributed by atoms with Gasteiger partial charge in [0.2, 0.25) is 0 Å². The third-order valence-electron chi connectivity index (χ3n) is 16.3. The van der Waals surface area contributed by atoms with Crippen molar-refractivity contribution in [2.75, 3.05) is 0 Å². The molecule has 0 aliphatic rings. The van der Waals surface area contributed by atoms with E-state index in [4.69, 9.17) is 0 Å². The highest BCUT2D eigenvalue weighted by molar-refractivity contribution is 6.15. The monoisotopic (exact) mass is 1040 g/mol. The Labute approximate surface area is 464 Å². The molecule has 0 aliphatic heterocycles. The molecule has 15 rings (SSSR count). The van der Waals surface area contributed by atoms with Gasteiger partial charge in [0.05, 0.1) is 66.7 Å². The van der Waals surface area contributed by atoms with E-state index < -0.39 is 11.2 Å². The fraction of sp³-hybridized carbons (Fsp3) is 0.108. The zero-order chi connectivity index (χ0) is 54.6. The average molecular weight is 1040 g/mol. The standard InChI is InChI=1S/C72H54N4O2.C2H6/c1-71(2,77)59-43-70(76-64-30-18-14-26-54(64)58-42-48(34-38-68(58)76)46-32-36-66-56(40-46)52-24-12-16-28-62(52)74(66)50-21-9-6-10-22-50)60(72(3,4)78)44-69(59)75-63-29-17-13-25-53(63)57-41-47(33-37-67(57)75)45-31-35-65-55(39-45)51-23-11-15-27-61(51)73(65)49-19-7-5-8-20-49;1-2/h5-44,77-78H,1-4H3;1-2H3. The van der Waals surface area contributed by atoms with E-state index in [0.717, 1.165) is 111 Å². The summed E-state index contributed by atoms with van der Waals surface area (Å²) in [6, 6.07) is 86.9. The summed E-state index contributed by atoms with van der Waals surface area (Å²) in [5, 5.41) is 34.2. The highest BCUT2D eigenvalue weighted by atomic mass is 16.3. The van der Waals surface area contributed by atoms with Gasteiger partial charge in [-0.05, 0) is 159 Å². The van der Waals surface area contributed by atoms with Gasteiger partial charge in [0, 0.05) is 65.6 Å². The molecule has 0 radical (unpaired) electrons. The minimum Gasteiger partial charge on any atom is -0.386 e. The first kappa shape index (κ1) is 48.9. The summed E-state index contributed by atoms with van der Waals surface area (Å²) in [6.07, 6.45) is 0. The summed E-state index contributed by atoms with van der Waals surface area (Å²) in [5.41, 5.74) is 16.0. The Morgan fingerprint density at radius 3 is 0.775 bits per heavy atom. The summed E-state index contributed by atoms with van der Waals surface area (Å²) in [7, 11) is 0. The Bertz CT molecular complexity index is 4610. The van der Waals surface area contributed by atoms with Gasteiger partial charge in [-0.2, -0.15) is 0 Å². The van der Waals surface area contributed by atoms with Crippen molar-refractivity contribution in [1.29, 1.82) is 0 Å². The van der Waals surface area contributed by atoms with Crippen LogP contribution < -0.4 is 0 Å². The van der Waals surface area contributed by atoms with Crippen molar-refractivity contribution >= 4 is 87.2 Å². The van der Waals surface area contributed by atoms with Gasteiger partial charge in [-0.25, -0.2) is 0 Å². The maximum atomic E-state index is 12.5. The second-order valence-corrected chi connectivity index (χ2v) is 22.0. The van der Waals surface area contributed by atoms with Gasteiger partial charge in [-0.1, -0.05) is 147 Å². The Hall–Kier alpha value is -9.46. The van der Waals surface area contributed by atoms with Crippen molar-refractivity contribution in [3.05, 3.63) is 254 Å². The first-order valence-corrected chi connectivity index (χ1v) is 27.9. The lowest BCUT2D eigenvalue weighted by molar-refractivity contribution is 0.0743. The van der Waals surface area contributed by atoms with Crippen molar-refractivity contribution in [1.82, 2.24) is 18.3 Å². The molecule has 0 saturated carbocycles. The molecule has 0 unspecified atom stereocenters. The van der Waals surface area contributed by atoms with Crippen LogP contribution in [-0.4, -0.2) is 28.5 Å². The molecule has 0 atom stereocenters. The van der Waals surface area contributed by atoms with Crippen LogP contribution in [0.3, 0.4) is 0 Å². The van der Waals surface area contributed by atoms with Crippen molar-refractivity contribution in [3.8, 4) is 45.0 Å². The van der Waals surface area contributed by atoms with Crippen LogP contribution in [0.4, 0.5) is 0 Å². The summed E-state index contributed by atoms with van der Waals surface area (Å²) >= 11 is 0. The number of aliphatic hydroxyl groups is 2. The number of hydrogen-bond donors (Lipinski definition) is 2. The Morgan fingerprint density at radius 1 is 0.250 bits per heavy atom. The first-order valence-electron chi connectivity index (χ1n) is 27.9. The van der Waals surface area contributed by atoms with Gasteiger partial charge in [0.1, 0.15) is 0 Å². The average Bonchev–Trinajstić information content (AvgIpc) is 4.39. The number of nitrogens with zero attached hydrogens (tertiary/aromatic N) is 4. The van der Waals surface area contributed by atoms with Crippen LogP contribution in [0.1, 0.15) is 52.7 Å². The third-order valence-corrected chi connectivity index (χ3v) is 16.3. The van der Waals surface area contributed by atoms with Crippen LogP contribution in [0.5, 0.6) is 0 Å². The highest BCUT2D eigenvalue weighted by Gasteiger charge is 2.31. The normalized spacial score (nSPS) is 12.2. The van der Waals surface area contributed by atoms with Crippen LogP contribution >= 0.6 is 0 Å². The van der Waals surface area contributed by atoms with Crippen molar-refractivity contribution in [2.24, 2.45) is 0 Å². The predicted octanol–water partition coefficient (Wildman–Crippen LogP) is 18.9. The molecular formula is C74H60N4O2. The third kappa shape index (κ3) is 7.62. The largest absolute Gasteiger partial charge is 0.386 e. The van der Waals surface area contributed by atoms with Crippen LogP contribution in [0.25, 0.3) is 132 Å². The quantitative estimate of drug-likeness (QED) is 0.159. The number of aromatic nitrogens is 4. The summed E-state index contributed by atoms with van der Waals surface area (Å²) in [4.78, 5) is 0. The molecule has 0 saturated heterocycles. The van der Waals surface area contributed by atoms with Crippen LogP contribution in [0.15, 0.2) is 243 Å². The summed E-state index contributed by atoms with van der Waals surface area (Å²) in [5.74, 6) is 0. The maximum Gasteiger partial charge on any atom is 0.0861 e. The lowest BCUT2D eigenvalue weighted by Crippen LogP contribution is -2.24. The molecule has 0 bridgehead atoms. The number of para-hydroxylation sites is 6. The fourth-order valence-electron chi connectivity index (χ4n) is 12.8. The number of benzene rings is 11. The Balaban J connectivity index is 0.00000285. The molecular weight excluding hydrogens is 977 g/mol. The van der Waals surface area contributed by atoms with E-state index in [2.05, 4.69) is 261 Å². The molecule has 0 amide bonds. The SMILES string of the molecule is CC.CC(C)(O)c1cc(-n2c3ccccc3c3cc(-c4ccc5c(c4)c4ccccc4n5-c4ccccc4)ccc32)c(C(C)(C)O)cc1-n1c2ccccc2c2cc(-c3ccc4c(c3)c3ccccc3n4-c3ccccc3)ccc21. The van der Waals surface area contributed by atoms with E-state index in [1.54, 1.807) is 0 Å². The van der Waals surface area contributed by atoms with Crippen LogP contribution in [-0.2, 0) is 11.2 Å². The Morgan fingerprint density at radius 2 is 0.487 bits per heavy atom. The van der Waals surface area contributed by atoms with E-state index in [0.29, 0.717) is 0 Å². The molecule has 4 aromatic heterocycles. The van der Waals surface area contributed by atoms with E-state index in [-0.39, 0.29) is 0 Å². The van der Waals surface area contributed by atoms with Gasteiger partial charge < -0.3 is 28.5 Å². The topological polar surface area (TPSA) is 60.2 Å². The minimum atomic E-state index is -1.29. The minimum absolute atomic E-state index is 0.739. The smallest absolute Gasteiger partial charge is 0.0861 e. The molecule has 11 aromatic carbocycles. The van der Waals surface area contributed by atoms with Crippen molar-refractivity contribution < 1.29 is 10.2 Å². The van der Waals surface area contributed by atoms with Gasteiger partial charge in [0.15, 0.2) is 0 Å². The van der Waals surface area contributed by atoms with Gasteiger partial charge in [0.25, 0.3) is 0 Å². The number of fused-ring (bicyclic) bond motifs is 12. The zero-order valence-corrected chi connectivity index (χ0v) is 45.8. The summed E-state index contributed by atoms with van der Waals surface area (Å²) < 4.78 is 9.27. The fourth-order valence-corrected chi connectivity index (χ4v) is 12.8. The summed E-state index contributed by atoms with van der Waals surface area (Å²) in [6.45, 7) is 11.5. The zero-order valence-electron chi connectivity index (χ0n) is 45.8. The van der Waals surface area contributed by atoms with E-state index in [9.17, 15) is 10.2 Å². The molecule has 0 spiro atoms. The van der Waals surface area contributed by atoms with Crippen molar-refractivity contribution in [3.63, 3.8) is 0 Å². The molecule has 80 heavy (non-hydrogen) atoms. The molecule has 0 fully saturated rings. The lowest BCUT2D eigenvalue weighted by Gasteiger charge is -2.30. The second kappa shape index (κ2) is 18.6. The van der Waals surface area contributed by atoms with Gasteiger partial charge >= 0.3 is 0 Å². The molecule has 6 heteroatoms. The van der Waals surface area contributed by atoms with Crippen LogP contribution in [0.2, 0.25) is 0 Å². The number of hydrogen-bond acceptors (Lipinski definition) is 2. The van der Waals surface area contributed by atoms with E-state index >= 15 is 0 Å². The molecule has 2 N–H and O–H groups in total. The van der Waals surface area contributed by atoms with E-state index in [1.807, 2.05) is 41.5 Å². The molecule has 388 valence electrons. The van der Waals surface area contributed by atoms with Crippen LogP contribution in [0, 0.1) is 0 Å². The highest BCUT2D eigenvalue weighted by Crippen LogP contribution is 2.45. The van der Waals surface area contributed by atoms with Gasteiger partial charge in [-0.3, -0.25) is 0 Å². The first-order chi connectivity index (χ1) is 39.0. The molecule has 4 heterocycles. The van der Waals surface area contributed by atoms with Crippen molar-refractivity contribution in [2.45, 2.75) is 52.7 Å². The predicted molar refractivity (Wildman–Crippen MR) is 337 cm³/mol. The lowest BCUT2D eigenvalue weighted by atomic mass is 9.88. The van der Waals surface area contributed by atoms with Gasteiger partial charge in [-0.15, -0.1) is 0 Å². The van der Waals surface area contributed by atoms with E-state index in [1.165, 1.54) is 32.6 Å². The Kier molecular flexibility index (Phi) is 11.4. The molecule has 6 nitrogen and oxygen atoms in total. The second-order valence-electron chi connectivity index (χ2n) is 22.0. The molecule has 0 aliphatic carbocycles.